The van der Waals surface area contributed by atoms with Crippen molar-refractivity contribution in [2.45, 2.75) is 64.0 Å². The predicted octanol–water partition coefficient (Wildman–Crippen LogP) is 1.98. The maximum atomic E-state index is 11.9. The van der Waals surface area contributed by atoms with Crippen molar-refractivity contribution < 1.29 is 9.90 Å². The van der Waals surface area contributed by atoms with Crippen molar-refractivity contribution >= 4 is 5.78 Å². The number of carbonyl (C=O) groups is 1. The second kappa shape index (κ2) is 5.07. The average molecular weight is 239 g/mol. The Morgan fingerprint density at radius 3 is 2.65 bits per heavy atom. The average Bonchev–Trinajstić information content (AvgIpc) is 2.63. The summed E-state index contributed by atoms with van der Waals surface area (Å²) in [5, 5.41) is 9.97. The second-order valence-corrected chi connectivity index (χ2v) is 6.31. The van der Waals surface area contributed by atoms with Crippen molar-refractivity contribution in [2.75, 3.05) is 13.1 Å². The molecule has 2 aliphatic rings. The first kappa shape index (κ1) is 13.0. The molecule has 3 nitrogen and oxygen atoms in total. The van der Waals surface area contributed by atoms with Crippen LogP contribution >= 0.6 is 0 Å². The third kappa shape index (κ3) is 3.29. The van der Waals surface area contributed by atoms with E-state index in [1.54, 1.807) is 0 Å². The number of β-amino-alcohol motifs (C(OH)–C–C–N with tert-alkyl or cyclic N) is 1. The molecule has 0 aromatic heterocycles. The van der Waals surface area contributed by atoms with E-state index in [0.717, 1.165) is 32.2 Å². The molecule has 0 amide bonds. The fourth-order valence-electron chi connectivity index (χ4n) is 3.42. The van der Waals surface area contributed by atoms with Crippen LogP contribution in [-0.4, -0.2) is 40.5 Å². The lowest BCUT2D eigenvalue weighted by Crippen LogP contribution is -2.50. The quantitative estimate of drug-likeness (QED) is 0.818. The Kier molecular flexibility index (Phi) is 3.88. The van der Waals surface area contributed by atoms with Crippen molar-refractivity contribution in [1.82, 2.24) is 4.90 Å². The number of piperidine rings is 1. The molecule has 1 N–H and O–H groups in total. The van der Waals surface area contributed by atoms with Gasteiger partial charge in [-0.05, 0) is 46.1 Å². The number of aliphatic hydroxyl groups is 1. The summed E-state index contributed by atoms with van der Waals surface area (Å²) in [6, 6.07) is 0.394. The highest BCUT2D eigenvalue weighted by Gasteiger charge is 2.37. The molecule has 0 radical (unpaired) electrons. The lowest BCUT2D eigenvalue weighted by atomic mass is 9.87. The highest BCUT2D eigenvalue weighted by Crippen LogP contribution is 2.33. The van der Waals surface area contributed by atoms with Crippen molar-refractivity contribution in [3.05, 3.63) is 0 Å². The van der Waals surface area contributed by atoms with Gasteiger partial charge in [-0.1, -0.05) is 6.42 Å². The number of hydrogen-bond acceptors (Lipinski definition) is 3. The molecule has 2 rings (SSSR count). The number of hydrogen-bond donors (Lipinski definition) is 1. The SMILES string of the molecule is CC(C)(O)CN1CCCCC1C1CCCC1=O. The minimum absolute atomic E-state index is 0.248. The zero-order chi connectivity index (χ0) is 12.5. The number of likely N-dealkylation sites (tertiary alicyclic amines) is 1. The zero-order valence-corrected chi connectivity index (χ0v) is 11.1. The van der Waals surface area contributed by atoms with Gasteiger partial charge in [-0.15, -0.1) is 0 Å². The van der Waals surface area contributed by atoms with E-state index in [-0.39, 0.29) is 5.92 Å². The summed E-state index contributed by atoms with van der Waals surface area (Å²) >= 11 is 0. The molecule has 1 saturated heterocycles. The van der Waals surface area contributed by atoms with Gasteiger partial charge in [0.05, 0.1) is 5.60 Å². The normalized spacial score (nSPS) is 32.1. The van der Waals surface area contributed by atoms with Crippen molar-refractivity contribution in [3.63, 3.8) is 0 Å². The van der Waals surface area contributed by atoms with Gasteiger partial charge in [-0.2, -0.15) is 0 Å². The Morgan fingerprint density at radius 2 is 2.06 bits per heavy atom. The molecule has 0 bridgehead atoms. The molecular weight excluding hydrogens is 214 g/mol. The summed E-state index contributed by atoms with van der Waals surface area (Å²) in [5.41, 5.74) is -0.656. The Hall–Kier alpha value is -0.410. The number of carbonyl (C=O) groups excluding carboxylic acids is 1. The van der Waals surface area contributed by atoms with Gasteiger partial charge in [0.25, 0.3) is 0 Å². The molecule has 0 aromatic carbocycles. The number of Topliss-reactive ketones (excluding diaryl/α,β-unsaturated/α-hetero) is 1. The van der Waals surface area contributed by atoms with E-state index in [0.29, 0.717) is 18.4 Å². The molecule has 98 valence electrons. The standard InChI is InChI=1S/C14H25NO2/c1-14(2,17)10-15-9-4-3-7-12(15)11-6-5-8-13(11)16/h11-12,17H,3-10H2,1-2H3. The summed E-state index contributed by atoms with van der Waals surface area (Å²) in [7, 11) is 0. The molecule has 1 aliphatic carbocycles. The van der Waals surface area contributed by atoms with Crippen molar-refractivity contribution in [1.29, 1.82) is 0 Å². The molecule has 3 heteroatoms. The Bertz CT molecular complexity index is 282. The third-order valence-electron chi connectivity index (χ3n) is 4.07. The molecule has 1 heterocycles. The highest BCUT2D eigenvalue weighted by atomic mass is 16.3. The zero-order valence-electron chi connectivity index (χ0n) is 11.1. The lowest BCUT2D eigenvalue weighted by Gasteiger charge is -2.41. The fraction of sp³-hybridized carbons (Fsp3) is 0.929. The first-order chi connectivity index (χ1) is 7.97. The topological polar surface area (TPSA) is 40.5 Å². The van der Waals surface area contributed by atoms with Crippen LogP contribution < -0.4 is 0 Å². The monoisotopic (exact) mass is 239 g/mol. The Morgan fingerprint density at radius 1 is 1.29 bits per heavy atom. The summed E-state index contributed by atoms with van der Waals surface area (Å²) in [5.74, 6) is 0.704. The van der Waals surface area contributed by atoms with Gasteiger partial charge in [0.15, 0.2) is 0 Å². The minimum Gasteiger partial charge on any atom is -0.389 e. The van der Waals surface area contributed by atoms with Crippen molar-refractivity contribution in [2.24, 2.45) is 5.92 Å². The molecular formula is C14H25NO2. The van der Waals surface area contributed by atoms with E-state index in [4.69, 9.17) is 0 Å². The van der Waals surface area contributed by atoms with Crippen LogP contribution in [-0.2, 0) is 4.79 Å². The van der Waals surface area contributed by atoms with Gasteiger partial charge in [-0.25, -0.2) is 0 Å². The van der Waals surface area contributed by atoms with Crippen LogP contribution in [0.3, 0.4) is 0 Å². The molecule has 2 atom stereocenters. The van der Waals surface area contributed by atoms with Gasteiger partial charge in [0.2, 0.25) is 0 Å². The van der Waals surface area contributed by atoms with E-state index in [1.165, 1.54) is 12.8 Å². The molecule has 2 unspecified atom stereocenters. The summed E-state index contributed by atoms with van der Waals surface area (Å²) in [6.07, 6.45) is 6.47. The molecule has 0 spiro atoms. The number of rotatable bonds is 3. The number of nitrogens with zero attached hydrogens (tertiary/aromatic N) is 1. The third-order valence-corrected chi connectivity index (χ3v) is 4.07. The van der Waals surface area contributed by atoms with Crippen LogP contribution in [0.1, 0.15) is 52.4 Å². The predicted molar refractivity (Wildman–Crippen MR) is 67.9 cm³/mol. The molecule has 2 fully saturated rings. The molecule has 17 heavy (non-hydrogen) atoms. The summed E-state index contributed by atoms with van der Waals surface area (Å²) < 4.78 is 0. The van der Waals surface area contributed by atoms with Crippen LogP contribution in [0.25, 0.3) is 0 Å². The van der Waals surface area contributed by atoms with Crippen molar-refractivity contribution in [3.8, 4) is 0 Å². The van der Waals surface area contributed by atoms with Crippen LogP contribution in [0, 0.1) is 5.92 Å². The van der Waals surface area contributed by atoms with E-state index in [2.05, 4.69) is 4.90 Å². The van der Waals surface area contributed by atoms with E-state index < -0.39 is 5.60 Å². The maximum Gasteiger partial charge on any atom is 0.137 e. The van der Waals surface area contributed by atoms with Gasteiger partial charge in [-0.3, -0.25) is 9.69 Å². The highest BCUT2D eigenvalue weighted by molar-refractivity contribution is 5.83. The fourth-order valence-corrected chi connectivity index (χ4v) is 3.42. The first-order valence-electron chi connectivity index (χ1n) is 6.96. The largest absolute Gasteiger partial charge is 0.389 e. The summed E-state index contributed by atoms with van der Waals surface area (Å²) in [6.45, 7) is 5.45. The van der Waals surface area contributed by atoms with Gasteiger partial charge < -0.3 is 5.11 Å². The van der Waals surface area contributed by atoms with Crippen LogP contribution in [0.2, 0.25) is 0 Å². The lowest BCUT2D eigenvalue weighted by molar-refractivity contribution is -0.123. The Balaban J connectivity index is 2.04. The minimum atomic E-state index is -0.656. The Labute approximate surface area is 104 Å². The van der Waals surface area contributed by atoms with Crippen LogP contribution in [0.4, 0.5) is 0 Å². The van der Waals surface area contributed by atoms with E-state index >= 15 is 0 Å². The van der Waals surface area contributed by atoms with Gasteiger partial charge in [0.1, 0.15) is 5.78 Å². The first-order valence-corrected chi connectivity index (χ1v) is 6.96. The van der Waals surface area contributed by atoms with E-state index in [9.17, 15) is 9.90 Å². The van der Waals surface area contributed by atoms with Gasteiger partial charge >= 0.3 is 0 Å². The maximum absolute atomic E-state index is 11.9. The number of ketones is 1. The second-order valence-electron chi connectivity index (χ2n) is 6.31. The molecule has 1 saturated carbocycles. The van der Waals surface area contributed by atoms with Crippen LogP contribution in [0.15, 0.2) is 0 Å². The van der Waals surface area contributed by atoms with E-state index in [1.807, 2.05) is 13.8 Å². The van der Waals surface area contributed by atoms with Gasteiger partial charge in [0, 0.05) is 24.9 Å². The van der Waals surface area contributed by atoms with Crippen LogP contribution in [0.5, 0.6) is 0 Å². The smallest absolute Gasteiger partial charge is 0.137 e. The molecule has 0 aromatic rings. The molecule has 1 aliphatic heterocycles. The summed E-state index contributed by atoms with van der Waals surface area (Å²) in [4.78, 5) is 14.3.